The number of nitrogens with zero attached hydrogens (tertiary/aromatic N) is 2. The molecule has 0 saturated heterocycles. The van der Waals surface area contributed by atoms with Crippen molar-refractivity contribution in [3.8, 4) is 33.6 Å². The van der Waals surface area contributed by atoms with Crippen molar-refractivity contribution in [2.24, 2.45) is 0 Å². The summed E-state index contributed by atoms with van der Waals surface area (Å²) in [5, 5.41) is 4.86. The molecule has 3 heteroatoms. The molecule has 0 aliphatic carbocycles. The summed E-state index contributed by atoms with van der Waals surface area (Å²) in [6, 6.07) is 47.6. The number of aromatic nitrogens is 2. The molecule has 0 aliphatic heterocycles. The summed E-state index contributed by atoms with van der Waals surface area (Å²) >= 11 is 0. The van der Waals surface area contributed by atoms with Crippen LogP contribution in [0.4, 0.5) is 0 Å². The smallest absolute Gasteiger partial charge is 0.0346 e. The van der Waals surface area contributed by atoms with Crippen molar-refractivity contribution in [2.45, 2.75) is 39.5 Å². The number of hydrogen-bond donors (Lipinski definition) is 0. The monoisotopic (exact) mass is 763 g/mol. The number of pyridine rings is 2. The largest absolute Gasteiger partial charge is 0.305 e. The molecule has 0 bridgehead atoms. The Balaban J connectivity index is 0.000000181. The van der Waals surface area contributed by atoms with E-state index in [9.17, 15) is 0 Å². The van der Waals surface area contributed by atoms with Gasteiger partial charge in [-0.15, -0.1) is 64.5 Å². The van der Waals surface area contributed by atoms with Crippen LogP contribution >= 0.6 is 0 Å². The molecule has 2 nitrogen and oxygen atoms in total. The van der Waals surface area contributed by atoms with Crippen LogP contribution in [0, 0.1) is 12.1 Å². The molecule has 0 unspecified atom stereocenters. The molecular weight excluding hydrogens is 725 g/mol. The third-order valence-corrected chi connectivity index (χ3v) is 7.81. The molecular formula is C42H36IrN2-2. The fourth-order valence-corrected chi connectivity index (χ4v) is 5.30. The van der Waals surface area contributed by atoms with Gasteiger partial charge in [-0.2, -0.15) is 0 Å². The van der Waals surface area contributed by atoms with E-state index in [0.717, 1.165) is 39.2 Å². The van der Waals surface area contributed by atoms with Crippen LogP contribution in [-0.2, 0) is 20.1 Å². The fraction of sp³-hybridized carbons (Fsp3) is 0.143. The van der Waals surface area contributed by atoms with Gasteiger partial charge in [-0.05, 0) is 46.3 Å². The number of rotatable bonds is 5. The van der Waals surface area contributed by atoms with E-state index in [4.69, 9.17) is 2.74 Å². The molecule has 7 aromatic rings. The van der Waals surface area contributed by atoms with Crippen LogP contribution in [0.25, 0.3) is 55.2 Å². The van der Waals surface area contributed by atoms with E-state index in [1.54, 1.807) is 12.4 Å². The molecule has 0 saturated carbocycles. The minimum absolute atomic E-state index is 0. The Bertz CT molecular complexity index is 2130. The molecule has 5 aromatic carbocycles. The summed E-state index contributed by atoms with van der Waals surface area (Å²) in [6.07, 6.45) is 3.55. The average molecular weight is 763 g/mol. The summed E-state index contributed by atoms with van der Waals surface area (Å²) in [4.78, 5) is 8.92. The summed E-state index contributed by atoms with van der Waals surface area (Å²) in [5.41, 5.74) is 7.87. The van der Waals surface area contributed by atoms with Crippen LogP contribution in [0.5, 0.6) is 0 Å². The SMILES string of the molecule is [2H]C(C)(C)c1ccnc(-c2[c-]cc3c(ccc4ccccc43)c2)c1.[2H]C(C)(C)c1ccnc(-c2[c-]ccc(-c3ccccc3)c2)c1.[Ir]. The van der Waals surface area contributed by atoms with Crippen molar-refractivity contribution in [1.29, 1.82) is 0 Å². The summed E-state index contributed by atoms with van der Waals surface area (Å²) < 4.78 is 16.4. The predicted octanol–water partition coefficient (Wildman–Crippen LogP) is 11.3. The predicted molar refractivity (Wildman–Crippen MR) is 186 cm³/mol. The van der Waals surface area contributed by atoms with E-state index in [2.05, 4.69) is 88.8 Å². The van der Waals surface area contributed by atoms with Crippen molar-refractivity contribution in [1.82, 2.24) is 9.97 Å². The van der Waals surface area contributed by atoms with E-state index in [1.807, 2.05) is 82.3 Å². The van der Waals surface area contributed by atoms with Gasteiger partial charge in [0, 0.05) is 35.2 Å². The third-order valence-electron chi connectivity index (χ3n) is 7.81. The molecule has 0 aliphatic rings. The Labute approximate surface area is 283 Å². The molecule has 1 radical (unpaired) electrons. The maximum absolute atomic E-state index is 8.22. The molecule has 0 atom stereocenters. The maximum Gasteiger partial charge on any atom is 0.0346 e. The zero-order valence-corrected chi connectivity index (χ0v) is 28.3. The molecule has 225 valence electrons. The first-order chi connectivity index (χ1) is 22.1. The Morgan fingerprint density at radius 2 is 1.16 bits per heavy atom. The van der Waals surface area contributed by atoms with Gasteiger partial charge >= 0.3 is 0 Å². The van der Waals surface area contributed by atoms with E-state index in [-0.39, 0.29) is 20.1 Å². The van der Waals surface area contributed by atoms with Crippen molar-refractivity contribution in [3.63, 3.8) is 0 Å². The fourth-order valence-electron chi connectivity index (χ4n) is 5.30. The first kappa shape index (κ1) is 29.3. The number of benzene rings is 5. The molecule has 0 fully saturated rings. The van der Waals surface area contributed by atoms with Crippen molar-refractivity contribution in [3.05, 3.63) is 157 Å². The summed E-state index contributed by atoms with van der Waals surface area (Å²) in [6.45, 7) is 7.55. The van der Waals surface area contributed by atoms with Gasteiger partial charge in [0.05, 0.1) is 0 Å². The second kappa shape index (κ2) is 14.6. The number of hydrogen-bond acceptors (Lipinski definition) is 2. The zero-order valence-electron chi connectivity index (χ0n) is 27.9. The van der Waals surface area contributed by atoms with Crippen LogP contribution in [0.1, 0.15) is 53.4 Å². The standard InChI is InChI=1S/C22H18N.C20H18N.Ir/c1-15(2)17-11-12-23-22(14-17)19-9-10-21-18(13-19)8-7-16-5-3-4-6-20(16)21;1-15(2)17-11-12-21-20(14-17)19-10-6-9-18(13-19)16-7-4-3-5-8-16;/h3-8,10-15H,1-2H3;3-9,11-15H,1-2H3;/q2*-1;/i2*15D;. The van der Waals surface area contributed by atoms with E-state index in [0.29, 0.717) is 0 Å². The van der Waals surface area contributed by atoms with Crippen molar-refractivity contribution >= 4 is 21.5 Å². The van der Waals surface area contributed by atoms with Crippen molar-refractivity contribution in [2.75, 3.05) is 0 Å². The van der Waals surface area contributed by atoms with Gasteiger partial charge in [-0.3, -0.25) is 0 Å². The Kier molecular flexibility index (Phi) is 9.48. The van der Waals surface area contributed by atoms with Crippen LogP contribution in [0.3, 0.4) is 0 Å². The van der Waals surface area contributed by atoms with E-state index >= 15 is 0 Å². The topological polar surface area (TPSA) is 25.8 Å². The Morgan fingerprint density at radius 3 is 1.82 bits per heavy atom. The van der Waals surface area contributed by atoms with Crippen LogP contribution in [0.2, 0.25) is 0 Å². The van der Waals surface area contributed by atoms with E-state index in [1.165, 1.54) is 27.1 Å². The molecule has 0 N–H and O–H groups in total. The number of fused-ring (bicyclic) bond motifs is 3. The second-order valence-electron chi connectivity index (χ2n) is 11.4. The first-order valence-electron chi connectivity index (χ1n) is 15.9. The normalized spacial score (nSPS) is 12.0. The molecule has 0 amide bonds. The molecule has 2 heterocycles. The molecule has 0 spiro atoms. The van der Waals surface area contributed by atoms with Gasteiger partial charge in [-0.1, -0.05) is 128 Å². The second-order valence-corrected chi connectivity index (χ2v) is 11.4. The van der Waals surface area contributed by atoms with Gasteiger partial charge in [0.15, 0.2) is 0 Å². The average Bonchev–Trinajstić information content (AvgIpc) is 3.08. The van der Waals surface area contributed by atoms with Crippen molar-refractivity contribution < 1.29 is 22.8 Å². The quantitative estimate of drug-likeness (QED) is 0.129. The van der Waals surface area contributed by atoms with Crippen LogP contribution < -0.4 is 0 Å². The van der Waals surface area contributed by atoms with Gasteiger partial charge in [-0.25, -0.2) is 0 Å². The Hall–Kier alpha value is -4.43. The molecule has 45 heavy (non-hydrogen) atoms. The van der Waals surface area contributed by atoms with Gasteiger partial charge < -0.3 is 9.97 Å². The molecule has 7 rings (SSSR count). The Morgan fingerprint density at radius 1 is 0.556 bits per heavy atom. The zero-order chi connectivity index (χ0) is 32.3. The van der Waals surface area contributed by atoms with Gasteiger partial charge in [0.25, 0.3) is 0 Å². The van der Waals surface area contributed by atoms with Crippen LogP contribution in [0.15, 0.2) is 134 Å². The summed E-state index contributed by atoms with van der Waals surface area (Å²) in [5.74, 6) is -1.26. The third kappa shape index (κ3) is 7.45. The molecule has 2 aromatic heterocycles. The summed E-state index contributed by atoms with van der Waals surface area (Å²) in [7, 11) is 0. The van der Waals surface area contributed by atoms with Gasteiger partial charge in [0.2, 0.25) is 0 Å². The van der Waals surface area contributed by atoms with Crippen LogP contribution in [-0.4, -0.2) is 9.97 Å². The maximum atomic E-state index is 8.22. The minimum Gasteiger partial charge on any atom is -0.305 e. The first-order valence-corrected chi connectivity index (χ1v) is 14.9. The van der Waals surface area contributed by atoms with Gasteiger partial charge in [0.1, 0.15) is 0 Å². The van der Waals surface area contributed by atoms with E-state index < -0.39 is 11.8 Å². The minimum atomic E-state index is -0.634.